The van der Waals surface area contributed by atoms with E-state index in [0.29, 0.717) is 110 Å². The Morgan fingerprint density at radius 1 is 0.429 bits per heavy atom. The van der Waals surface area contributed by atoms with Crippen LogP contribution in [0.25, 0.3) is 0 Å². The lowest BCUT2D eigenvalue weighted by Gasteiger charge is -2.25. The number of nitrogens with two attached hydrogens (primary N) is 2. The molecule has 5 atom stereocenters. The smallest absolute Gasteiger partial charge is 0.330 e. The molecule has 6 amide bonds. The lowest BCUT2D eigenvalue weighted by molar-refractivity contribution is -0.143. The van der Waals surface area contributed by atoms with E-state index in [1.807, 2.05) is 0 Å². The first kappa shape index (κ1) is 71.6. The molecule has 77 heavy (non-hydrogen) atoms. The minimum Gasteiger partial charge on any atom is -0.479 e. The number of hydrogen-bond acceptors (Lipinski definition) is 10. The maximum atomic E-state index is 14.2. The Bertz CT molecular complexity index is 1580. The van der Waals surface area contributed by atoms with E-state index in [-0.39, 0.29) is 42.9 Å². The van der Waals surface area contributed by atoms with Gasteiger partial charge >= 0.3 is 5.97 Å². The van der Waals surface area contributed by atoms with Gasteiger partial charge in [-0.1, -0.05) is 174 Å². The Morgan fingerprint density at radius 2 is 0.753 bits per heavy atom. The average Bonchev–Trinajstić information content (AvgIpc) is 4.07. The first-order valence-electron chi connectivity index (χ1n) is 31.4. The van der Waals surface area contributed by atoms with Crippen LogP contribution in [0.5, 0.6) is 0 Å². The third kappa shape index (κ3) is 38.0. The first-order chi connectivity index (χ1) is 37.3. The number of carboxylic acids is 1. The number of carboxylic acid groups (broad SMARTS) is 1. The van der Waals surface area contributed by atoms with Gasteiger partial charge in [0.15, 0.2) is 5.54 Å². The molecule has 1 rings (SSSR count). The van der Waals surface area contributed by atoms with Crippen LogP contribution in [0.1, 0.15) is 284 Å². The highest BCUT2D eigenvalue weighted by Crippen LogP contribution is 2.41. The maximum absolute atomic E-state index is 14.2. The van der Waals surface area contributed by atoms with E-state index in [9.17, 15) is 38.7 Å². The van der Waals surface area contributed by atoms with Crippen molar-refractivity contribution in [1.29, 1.82) is 0 Å². The summed E-state index contributed by atoms with van der Waals surface area (Å²) in [6.45, 7) is 6.11. The SMILES string of the molecule is CCCCCCCCCCCCCCCC(=O)NCCCCC(NC(=O)CCCCCCCCCCCCCCC)C(=O)N[C@@H](CCCCN)C(=O)NC(CCCCN)C(=O)NCCCCCC(=O)NC1(C(=O)O)CC1S. The summed E-state index contributed by atoms with van der Waals surface area (Å²) in [6.07, 6.45) is 39.3. The van der Waals surface area contributed by atoms with Gasteiger partial charge in [0.25, 0.3) is 0 Å². The van der Waals surface area contributed by atoms with Gasteiger partial charge in [0, 0.05) is 37.6 Å². The quantitative estimate of drug-likeness (QED) is 0.0203. The molecule has 11 N–H and O–H groups in total. The van der Waals surface area contributed by atoms with Crippen molar-refractivity contribution in [3.63, 3.8) is 0 Å². The standard InChI is InChI=1S/C60H114N8O8S/c1-3-5-7-9-11-13-15-17-19-21-23-25-28-41-53(69)63-46-37-33-40-50(65-54(70)42-29-26-24-22-20-18-16-14-12-10-8-6-4-2)57(73)67-51(39-32-35-45-62)58(74)66-49(38-31-34-44-61)56(72)64-47-36-27-30-43-55(71)68-60(59(75)76)48-52(60)77/h49-52,77H,3-48,61-62H2,1-2H3,(H,63,69)(H,64,72)(H,65,70)(H,66,74)(H,67,73)(H,68,71)(H,75,76)/t49?,50?,51-,52?,60?/m0/s1. The van der Waals surface area contributed by atoms with E-state index in [0.717, 1.165) is 44.9 Å². The molecule has 0 bridgehead atoms. The van der Waals surface area contributed by atoms with Crippen LogP contribution in [0.2, 0.25) is 0 Å². The fourth-order valence-electron chi connectivity index (χ4n) is 9.90. The van der Waals surface area contributed by atoms with E-state index in [2.05, 4.69) is 58.4 Å². The van der Waals surface area contributed by atoms with Crippen LogP contribution in [-0.4, -0.2) is 102 Å². The van der Waals surface area contributed by atoms with Crippen molar-refractivity contribution >= 4 is 54.0 Å². The highest BCUT2D eigenvalue weighted by molar-refractivity contribution is 7.81. The molecule has 0 aliphatic heterocycles. The van der Waals surface area contributed by atoms with Crippen molar-refractivity contribution < 1.29 is 38.7 Å². The molecule has 448 valence electrons. The zero-order valence-corrected chi connectivity index (χ0v) is 49.6. The summed E-state index contributed by atoms with van der Waals surface area (Å²) < 4.78 is 0. The lowest BCUT2D eigenvalue weighted by atomic mass is 10.0. The van der Waals surface area contributed by atoms with Crippen LogP contribution in [0, 0.1) is 0 Å². The number of rotatable bonds is 55. The van der Waals surface area contributed by atoms with Gasteiger partial charge in [-0.25, -0.2) is 4.79 Å². The summed E-state index contributed by atoms with van der Waals surface area (Å²) in [5.74, 6) is -2.96. The van der Waals surface area contributed by atoms with Crippen LogP contribution in [-0.2, 0) is 33.6 Å². The fraction of sp³-hybridized carbons (Fsp3) is 0.883. The zero-order valence-electron chi connectivity index (χ0n) is 48.7. The van der Waals surface area contributed by atoms with Crippen molar-refractivity contribution in [2.45, 2.75) is 312 Å². The van der Waals surface area contributed by atoms with Crippen molar-refractivity contribution in [3.8, 4) is 0 Å². The molecule has 17 heteroatoms. The molecule has 1 aliphatic rings. The summed E-state index contributed by atoms with van der Waals surface area (Å²) in [6, 6.07) is -2.76. The van der Waals surface area contributed by atoms with Crippen molar-refractivity contribution in [2.75, 3.05) is 26.2 Å². The second kappa shape index (κ2) is 48.5. The Kier molecular flexibility index (Phi) is 45.0. The van der Waals surface area contributed by atoms with Gasteiger partial charge in [0.05, 0.1) is 0 Å². The Labute approximate surface area is 472 Å². The number of carbonyl (C=O) groups is 7. The van der Waals surface area contributed by atoms with Gasteiger partial charge in [0.1, 0.15) is 18.1 Å². The highest BCUT2D eigenvalue weighted by Gasteiger charge is 2.60. The number of aliphatic carboxylic acids is 1. The molecule has 0 aromatic rings. The van der Waals surface area contributed by atoms with E-state index in [1.165, 1.54) is 122 Å². The minimum atomic E-state index is -1.29. The molecular formula is C60H114N8O8S. The average molecular weight is 1110 g/mol. The number of unbranched alkanes of at least 4 members (excludes halogenated alkanes) is 29. The molecule has 0 saturated heterocycles. The third-order valence-corrected chi connectivity index (χ3v) is 15.7. The number of nitrogens with one attached hydrogen (secondary N) is 6. The van der Waals surface area contributed by atoms with Crippen LogP contribution in [0.4, 0.5) is 0 Å². The van der Waals surface area contributed by atoms with E-state index in [1.54, 1.807) is 0 Å². The molecule has 1 aliphatic carbocycles. The molecule has 0 aromatic carbocycles. The summed E-state index contributed by atoms with van der Waals surface area (Å²) in [7, 11) is 0. The summed E-state index contributed by atoms with van der Waals surface area (Å²) >= 11 is 4.21. The number of amides is 6. The molecule has 1 fully saturated rings. The minimum absolute atomic E-state index is 0.0331. The van der Waals surface area contributed by atoms with Crippen LogP contribution in [0.15, 0.2) is 0 Å². The molecule has 16 nitrogen and oxygen atoms in total. The Morgan fingerprint density at radius 3 is 1.16 bits per heavy atom. The van der Waals surface area contributed by atoms with Crippen LogP contribution in [0.3, 0.4) is 0 Å². The van der Waals surface area contributed by atoms with Crippen molar-refractivity contribution in [2.24, 2.45) is 11.5 Å². The van der Waals surface area contributed by atoms with E-state index < -0.39 is 46.7 Å². The predicted molar refractivity (Wildman–Crippen MR) is 316 cm³/mol. The van der Waals surface area contributed by atoms with E-state index in [4.69, 9.17) is 11.5 Å². The fourth-order valence-corrected chi connectivity index (χ4v) is 10.4. The van der Waals surface area contributed by atoms with Crippen molar-refractivity contribution in [3.05, 3.63) is 0 Å². The Balaban J connectivity index is 2.80. The largest absolute Gasteiger partial charge is 0.479 e. The van der Waals surface area contributed by atoms with Crippen LogP contribution < -0.4 is 43.4 Å². The summed E-state index contributed by atoms with van der Waals surface area (Å²) in [4.78, 5) is 91.8. The molecule has 1 saturated carbocycles. The van der Waals surface area contributed by atoms with Crippen molar-refractivity contribution in [1.82, 2.24) is 31.9 Å². The lowest BCUT2D eigenvalue weighted by Crippen LogP contribution is -2.56. The molecule has 0 aromatic heterocycles. The maximum Gasteiger partial charge on any atom is 0.330 e. The molecule has 4 unspecified atom stereocenters. The number of hydrogen-bond donors (Lipinski definition) is 10. The number of carbonyl (C=O) groups excluding carboxylic acids is 6. The molecule has 0 heterocycles. The second-order valence-corrected chi connectivity index (χ2v) is 22.9. The second-order valence-electron chi connectivity index (χ2n) is 22.3. The zero-order chi connectivity index (χ0) is 56.6. The normalized spacial score (nSPS) is 16.0. The van der Waals surface area contributed by atoms with Gasteiger partial charge in [0.2, 0.25) is 35.4 Å². The predicted octanol–water partition coefficient (Wildman–Crippen LogP) is 10.3. The van der Waals surface area contributed by atoms with E-state index >= 15 is 0 Å². The first-order valence-corrected chi connectivity index (χ1v) is 31.9. The number of thiol groups is 1. The summed E-state index contributed by atoms with van der Waals surface area (Å²) in [5, 5.41) is 26.4. The topological polar surface area (TPSA) is 264 Å². The monoisotopic (exact) mass is 1110 g/mol. The van der Waals surface area contributed by atoms with Gasteiger partial charge in [-0.05, 0) is 103 Å². The Hall–Kier alpha value is -3.44. The van der Waals surface area contributed by atoms with Gasteiger partial charge in [-0.2, -0.15) is 12.6 Å². The molecule has 0 spiro atoms. The van der Waals surface area contributed by atoms with Gasteiger partial charge in [-0.3, -0.25) is 28.8 Å². The highest BCUT2D eigenvalue weighted by atomic mass is 32.1. The van der Waals surface area contributed by atoms with Crippen LogP contribution >= 0.6 is 12.6 Å². The summed E-state index contributed by atoms with van der Waals surface area (Å²) in [5.41, 5.74) is 10.3. The third-order valence-electron chi connectivity index (χ3n) is 15.1. The molecule has 0 radical (unpaired) electrons. The van der Waals surface area contributed by atoms with Gasteiger partial charge in [-0.15, -0.1) is 0 Å². The molecular weight excluding hydrogens is 993 g/mol. The van der Waals surface area contributed by atoms with Gasteiger partial charge < -0.3 is 48.5 Å².